The van der Waals surface area contributed by atoms with Crippen LogP contribution < -0.4 is 10.1 Å². The summed E-state index contributed by atoms with van der Waals surface area (Å²) in [7, 11) is 1.61. The molecule has 1 N–H and O–H groups in total. The molecule has 5 nitrogen and oxygen atoms in total. The molecular weight excluding hydrogens is 336 g/mol. The van der Waals surface area contributed by atoms with Crippen molar-refractivity contribution < 1.29 is 9.66 Å². The largest absolute Gasteiger partial charge is 0.497 e. The monoisotopic (exact) mass is 350 g/mol. The van der Waals surface area contributed by atoms with E-state index in [2.05, 4.69) is 21.2 Å². The maximum absolute atomic E-state index is 10.8. The number of benzene rings is 2. The number of rotatable bonds is 5. The maximum Gasteiger partial charge on any atom is 0.269 e. The second kappa shape index (κ2) is 6.58. The summed E-state index contributed by atoms with van der Waals surface area (Å²) >= 11 is 3.42. The quantitative estimate of drug-likeness (QED) is 0.635. The first-order chi connectivity index (χ1) is 9.99. The van der Waals surface area contributed by atoms with Gasteiger partial charge in [-0.3, -0.25) is 10.1 Å². The number of ether oxygens (including phenoxy) is 1. The van der Waals surface area contributed by atoms with Gasteiger partial charge in [-0.1, -0.05) is 28.1 Å². The van der Waals surface area contributed by atoms with Crippen LogP contribution in [0.25, 0.3) is 0 Å². The molecule has 2 aromatic carbocycles. The zero-order valence-electron chi connectivity index (χ0n) is 11.7. The van der Waals surface area contributed by atoms with Crippen LogP contribution in [0, 0.1) is 10.1 Å². The molecule has 2 rings (SSSR count). The minimum Gasteiger partial charge on any atom is -0.497 e. The molecule has 1 unspecified atom stereocenters. The normalized spacial score (nSPS) is 11.8. The fourth-order valence-corrected chi connectivity index (χ4v) is 2.48. The van der Waals surface area contributed by atoms with Crippen LogP contribution in [-0.2, 0) is 0 Å². The molecule has 0 aliphatic carbocycles. The van der Waals surface area contributed by atoms with Crippen LogP contribution in [0.4, 0.5) is 11.4 Å². The molecule has 0 spiro atoms. The lowest BCUT2D eigenvalue weighted by molar-refractivity contribution is -0.384. The van der Waals surface area contributed by atoms with Gasteiger partial charge in [-0.05, 0) is 24.6 Å². The standard InChI is InChI=1S/C15H15BrN2O3/c1-10(11-4-3-5-14(6-11)18(19)20)17-13-7-12(16)8-15(9-13)21-2/h3-10,17H,1-2H3. The van der Waals surface area contributed by atoms with Gasteiger partial charge in [-0.2, -0.15) is 0 Å². The van der Waals surface area contributed by atoms with Gasteiger partial charge < -0.3 is 10.1 Å². The highest BCUT2D eigenvalue weighted by atomic mass is 79.9. The number of hydrogen-bond acceptors (Lipinski definition) is 4. The molecule has 110 valence electrons. The lowest BCUT2D eigenvalue weighted by Gasteiger charge is -2.16. The predicted molar refractivity (Wildman–Crippen MR) is 85.8 cm³/mol. The Morgan fingerprint density at radius 1 is 1.29 bits per heavy atom. The summed E-state index contributed by atoms with van der Waals surface area (Å²) < 4.78 is 6.11. The Bertz CT molecular complexity index is 661. The van der Waals surface area contributed by atoms with E-state index in [1.54, 1.807) is 19.2 Å². The third-order valence-corrected chi connectivity index (χ3v) is 3.53. The third-order valence-electron chi connectivity index (χ3n) is 3.07. The Morgan fingerprint density at radius 3 is 2.71 bits per heavy atom. The van der Waals surface area contributed by atoms with Crippen molar-refractivity contribution in [2.45, 2.75) is 13.0 Å². The zero-order chi connectivity index (χ0) is 15.4. The van der Waals surface area contributed by atoms with Crippen molar-refractivity contribution in [2.75, 3.05) is 12.4 Å². The Balaban J connectivity index is 2.21. The lowest BCUT2D eigenvalue weighted by atomic mass is 10.1. The van der Waals surface area contributed by atoms with Crippen LogP contribution in [0.2, 0.25) is 0 Å². The number of anilines is 1. The number of non-ortho nitro benzene ring substituents is 1. The zero-order valence-corrected chi connectivity index (χ0v) is 13.3. The van der Waals surface area contributed by atoms with Gasteiger partial charge in [-0.15, -0.1) is 0 Å². The van der Waals surface area contributed by atoms with Gasteiger partial charge in [0.15, 0.2) is 0 Å². The number of hydrogen-bond donors (Lipinski definition) is 1. The Morgan fingerprint density at radius 2 is 2.05 bits per heavy atom. The van der Waals surface area contributed by atoms with E-state index in [1.807, 2.05) is 31.2 Å². The molecular formula is C15H15BrN2O3. The summed E-state index contributed by atoms with van der Waals surface area (Å²) in [6, 6.07) is 12.2. The highest BCUT2D eigenvalue weighted by molar-refractivity contribution is 9.10. The smallest absolute Gasteiger partial charge is 0.269 e. The molecule has 0 bridgehead atoms. The van der Waals surface area contributed by atoms with E-state index < -0.39 is 4.92 Å². The summed E-state index contributed by atoms with van der Waals surface area (Å²) in [5.41, 5.74) is 1.82. The third kappa shape index (κ3) is 3.95. The fraction of sp³-hybridized carbons (Fsp3) is 0.200. The van der Waals surface area contributed by atoms with Crippen molar-refractivity contribution in [1.29, 1.82) is 0 Å². The number of halogens is 1. The predicted octanol–water partition coefficient (Wildman–Crippen LogP) is 4.54. The van der Waals surface area contributed by atoms with Crippen LogP contribution in [-0.4, -0.2) is 12.0 Å². The van der Waals surface area contributed by atoms with E-state index in [0.717, 1.165) is 21.5 Å². The number of nitro groups is 1. The van der Waals surface area contributed by atoms with E-state index in [-0.39, 0.29) is 11.7 Å². The Labute approximate surface area is 131 Å². The van der Waals surface area contributed by atoms with E-state index in [1.165, 1.54) is 6.07 Å². The molecule has 2 aromatic rings. The molecule has 0 aliphatic heterocycles. The number of nitrogens with zero attached hydrogens (tertiary/aromatic N) is 1. The van der Waals surface area contributed by atoms with E-state index in [4.69, 9.17) is 4.74 Å². The molecule has 6 heteroatoms. The van der Waals surface area contributed by atoms with Gasteiger partial charge in [-0.25, -0.2) is 0 Å². The van der Waals surface area contributed by atoms with Gasteiger partial charge in [0.25, 0.3) is 5.69 Å². The van der Waals surface area contributed by atoms with E-state index in [9.17, 15) is 10.1 Å². The second-order valence-electron chi connectivity index (χ2n) is 4.60. The van der Waals surface area contributed by atoms with Crippen molar-refractivity contribution in [3.05, 3.63) is 62.6 Å². The van der Waals surface area contributed by atoms with Crippen LogP contribution in [0.5, 0.6) is 5.75 Å². The molecule has 0 radical (unpaired) electrons. The van der Waals surface area contributed by atoms with Gasteiger partial charge in [0, 0.05) is 34.4 Å². The summed E-state index contributed by atoms with van der Waals surface area (Å²) in [5.74, 6) is 0.734. The summed E-state index contributed by atoms with van der Waals surface area (Å²) in [4.78, 5) is 10.4. The van der Waals surface area contributed by atoms with Crippen LogP contribution >= 0.6 is 15.9 Å². The van der Waals surface area contributed by atoms with Crippen molar-refractivity contribution in [3.8, 4) is 5.75 Å². The molecule has 0 amide bonds. The SMILES string of the molecule is COc1cc(Br)cc(NC(C)c2cccc([N+](=O)[O-])c2)c1. The number of nitro benzene ring substituents is 1. The van der Waals surface area contributed by atoms with Crippen molar-refractivity contribution in [1.82, 2.24) is 0 Å². The molecule has 21 heavy (non-hydrogen) atoms. The first kappa shape index (κ1) is 15.3. The van der Waals surface area contributed by atoms with E-state index in [0.29, 0.717) is 0 Å². The summed E-state index contributed by atoms with van der Waals surface area (Å²) in [6.45, 7) is 1.95. The van der Waals surface area contributed by atoms with Gasteiger partial charge in [0.2, 0.25) is 0 Å². The van der Waals surface area contributed by atoms with Crippen LogP contribution in [0.1, 0.15) is 18.5 Å². The Hall–Kier alpha value is -2.08. The van der Waals surface area contributed by atoms with Crippen molar-refractivity contribution >= 4 is 27.3 Å². The molecule has 0 saturated heterocycles. The average molecular weight is 351 g/mol. The van der Waals surface area contributed by atoms with Crippen LogP contribution in [0.15, 0.2) is 46.9 Å². The lowest BCUT2D eigenvalue weighted by Crippen LogP contribution is -2.07. The minimum absolute atomic E-state index is 0.0658. The van der Waals surface area contributed by atoms with Gasteiger partial charge in [0.1, 0.15) is 5.75 Å². The van der Waals surface area contributed by atoms with Crippen LogP contribution in [0.3, 0.4) is 0 Å². The minimum atomic E-state index is -0.391. The van der Waals surface area contributed by atoms with Crippen molar-refractivity contribution in [2.24, 2.45) is 0 Å². The highest BCUT2D eigenvalue weighted by Gasteiger charge is 2.11. The second-order valence-corrected chi connectivity index (χ2v) is 5.51. The van der Waals surface area contributed by atoms with Crippen molar-refractivity contribution in [3.63, 3.8) is 0 Å². The fourth-order valence-electron chi connectivity index (χ4n) is 2.00. The van der Waals surface area contributed by atoms with Gasteiger partial charge in [0.05, 0.1) is 12.0 Å². The Kier molecular flexibility index (Phi) is 4.80. The topological polar surface area (TPSA) is 64.4 Å². The first-order valence-electron chi connectivity index (χ1n) is 6.35. The maximum atomic E-state index is 10.8. The van der Waals surface area contributed by atoms with E-state index >= 15 is 0 Å². The molecule has 0 saturated carbocycles. The average Bonchev–Trinajstić information content (AvgIpc) is 2.46. The highest BCUT2D eigenvalue weighted by Crippen LogP contribution is 2.28. The molecule has 0 heterocycles. The number of nitrogens with one attached hydrogen (secondary N) is 1. The molecule has 0 aromatic heterocycles. The van der Waals surface area contributed by atoms with Gasteiger partial charge >= 0.3 is 0 Å². The first-order valence-corrected chi connectivity index (χ1v) is 7.14. The molecule has 0 aliphatic rings. The summed E-state index contributed by atoms with van der Waals surface area (Å²) in [6.07, 6.45) is 0. The summed E-state index contributed by atoms with van der Waals surface area (Å²) in [5, 5.41) is 14.1. The molecule has 1 atom stereocenters. The molecule has 0 fully saturated rings. The number of methoxy groups -OCH3 is 1.